The van der Waals surface area contributed by atoms with Crippen LogP contribution in [0, 0.1) is 17.1 Å². The molecule has 0 aliphatic rings. The zero-order valence-corrected chi connectivity index (χ0v) is 11.1. The second-order valence-electron chi connectivity index (χ2n) is 4.29. The number of hydrogen-bond acceptors (Lipinski definition) is 3. The van der Waals surface area contributed by atoms with Crippen LogP contribution >= 0.6 is 0 Å². The first kappa shape index (κ1) is 14.0. The molecule has 0 saturated carbocycles. The predicted octanol–water partition coefficient (Wildman–Crippen LogP) is 3.42. The third-order valence-electron chi connectivity index (χ3n) is 2.79. The fourth-order valence-electron chi connectivity index (χ4n) is 1.79. The molecule has 20 heavy (non-hydrogen) atoms. The first-order valence-corrected chi connectivity index (χ1v) is 6.12. The van der Waals surface area contributed by atoms with Gasteiger partial charge in [0.1, 0.15) is 18.2 Å². The Morgan fingerprint density at radius 3 is 2.70 bits per heavy atom. The van der Waals surface area contributed by atoms with Crippen molar-refractivity contribution in [2.24, 2.45) is 0 Å². The lowest BCUT2D eigenvalue weighted by Crippen LogP contribution is -1.99. The standard InChI is InChI=1S/C16H14FNO2/c1-19-10-13-3-2-4-15(7-13)20-11-14-6-5-12(9-18)8-16(14)17/h2-8H,10-11H2,1H3. The molecule has 0 aliphatic carbocycles. The van der Waals surface area contributed by atoms with Crippen LogP contribution in [0.15, 0.2) is 42.5 Å². The molecule has 0 spiro atoms. The minimum absolute atomic E-state index is 0.119. The second-order valence-corrected chi connectivity index (χ2v) is 4.29. The van der Waals surface area contributed by atoms with Gasteiger partial charge in [0, 0.05) is 12.7 Å². The summed E-state index contributed by atoms with van der Waals surface area (Å²) in [6.07, 6.45) is 0. The summed E-state index contributed by atoms with van der Waals surface area (Å²) >= 11 is 0. The molecule has 0 unspecified atom stereocenters. The lowest BCUT2D eigenvalue weighted by molar-refractivity contribution is 0.184. The quantitative estimate of drug-likeness (QED) is 0.836. The van der Waals surface area contributed by atoms with E-state index < -0.39 is 5.82 Å². The molecular formula is C16H14FNO2. The lowest BCUT2D eigenvalue weighted by atomic mass is 10.1. The molecule has 4 heteroatoms. The van der Waals surface area contributed by atoms with Crippen LogP contribution in [-0.4, -0.2) is 7.11 Å². The zero-order valence-electron chi connectivity index (χ0n) is 11.1. The average molecular weight is 271 g/mol. The van der Waals surface area contributed by atoms with E-state index in [9.17, 15) is 4.39 Å². The molecule has 0 N–H and O–H groups in total. The maximum atomic E-state index is 13.7. The van der Waals surface area contributed by atoms with Crippen LogP contribution in [0.25, 0.3) is 0 Å². The molecule has 0 amide bonds. The highest BCUT2D eigenvalue weighted by Crippen LogP contribution is 2.17. The van der Waals surface area contributed by atoms with E-state index in [0.717, 1.165) is 5.56 Å². The van der Waals surface area contributed by atoms with E-state index in [1.165, 1.54) is 6.07 Å². The first-order chi connectivity index (χ1) is 9.72. The van der Waals surface area contributed by atoms with Crippen LogP contribution in [0.5, 0.6) is 5.75 Å². The van der Waals surface area contributed by atoms with Gasteiger partial charge in [0.25, 0.3) is 0 Å². The van der Waals surface area contributed by atoms with Crippen LogP contribution in [0.1, 0.15) is 16.7 Å². The molecule has 3 nitrogen and oxygen atoms in total. The van der Waals surface area contributed by atoms with E-state index in [1.54, 1.807) is 25.3 Å². The van der Waals surface area contributed by atoms with Gasteiger partial charge in [-0.15, -0.1) is 0 Å². The normalized spacial score (nSPS) is 10.1. The molecule has 0 fully saturated rings. The van der Waals surface area contributed by atoms with Crippen molar-refractivity contribution in [2.75, 3.05) is 7.11 Å². The van der Waals surface area contributed by atoms with Gasteiger partial charge in [-0.2, -0.15) is 5.26 Å². The van der Waals surface area contributed by atoms with Crippen LogP contribution in [0.4, 0.5) is 4.39 Å². The van der Waals surface area contributed by atoms with Crippen LogP contribution in [0.3, 0.4) is 0 Å². The molecular weight excluding hydrogens is 257 g/mol. The molecule has 0 bridgehead atoms. The Hall–Kier alpha value is -2.38. The Bertz CT molecular complexity index is 635. The number of hydrogen-bond donors (Lipinski definition) is 0. The fraction of sp³-hybridized carbons (Fsp3) is 0.188. The van der Waals surface area contributed by atoms with E-state index in [4.69, 9.17) is 14.7 Å². The van der Waals surface area contributed by atoms with E-state index in [2.05, 4.69) is 0 Å². The maximum Gasteiger partial charge on any atom is 0.131 e. The summed E-state index contributed by atoms with van der Waals surface area (Å²) in [4.78, 5) is 0. The van der Waals surface area contributed by atoms with Gasteiger partial charge in [-0.25, -0.2) is 4.39 Å². The minimum Gasteiger partial charge on any atom is -0.489 e. The Morgan fingerprint density at radius 1 is 1.15 bits per heavy atom. The van der Waals surface area contributed by atoms with E-state index in [1.807, 2.05) is 24.3 Å². The maximum absolute atomic E-state index is 13.7. The molecule has 2 aromatic carbocycles. The zero-order chi connectivity index (χ0) is 14.4. The Labute approximate surface area is 117 Å². The van der Waals surface area contributed by atoms with E-state index >= 15 is 0 Å². The summed E-state index contributed by atoms with van der Waals surface area (Å²) in [6, 6.07) is 13.7. The number of rotatable bonds is 5. The monoisotopic (exact) mass is 271 g/mol. The summed E-state index contributed by atoms with van der Waals surface area (Å²) in [7, 11) is 1.62. The topological polar surface area (TPSA) is 42.2 Å². The number of methoxy groups -OCH3 is 1. The van der Waals surface area contributed by atoms with Crippen molar-refractivity contribution in [2.45, 2.75) is 13.2 Å². The Balaban J connectivity index is 2.05. The van der Waals surface area contributed by atoms with Crippen molar-refractivity contribution in [3.8, 4) is 11.8 Å². The number of ether oxygens (including phenoxy) is 2. The summed E-state index contributed by atoms with van der Waals surface area (Å²) in [5, 5.41) is 8.68. The van der Waals surface area contributed by atoms with E-state index in [0.29, 0.717) is 23.5 Å². The van der Waals surface area contributed by atoms with Crippen molar-refractivity contribution in [1.29, 1.82) is 5.26 Å². The highest BCUT2D eigenvalue weighted by Gasteiger charge is 2.05. The largest absolute Gasteiger partial charge is 0.489 e. The molecule has 0 saturated heterocycles. The molecule has 2 aromatic rings. The van der Waals surface area contributed by atoms with Gasteiger partial charge in [0.15, 0.2) is 0 Å². The molecule has 102 valence electrons. The lowest BCUT2D eigenvalue weighted by Gasteiger charge is -2.08. The van der Waals surface area contributed by atoms with Gasteiger partial charge in [0.2, 0.25) is 0 Å². The van der Waals surface area contributed by atoms with Gasteiger partial charge in [-0.05, 0) is 29.8 Å². The first-order valence-electron chi connectivity index (χ1n) is 6.12. The summed E-state index contributed by atoms with van der Waals surface area (Å²) in [5.74, 6) is 0.223. The smallest absolute Gasteiger partial charge is 0.131 e. The highest BCUT2D eigenvalue weighted by atomic mass is 19.1. The Morgan fingerprint density at radius 2 is 2.00 bits per heavy atom. The van der Waals surface area contributed by atoms with E-state index in [-0.39, 0.29) is 6.61 Å². The fourth-order valence-corrected chi connectivity index (χ4v) is 1.79. The minimum atomic E-state index is -0.433. The van der Waals surface area contributed by atoms with Crippen molar-refractivity contribution >= 4 is 0 Å². The molecule has 0 radical (unpaired) electrons. The number of nitrogens with zero attached hydrogens (tertiary/aromatic N) is 1. The molecule has 0 aliphatic heterocycles. The van der Waals surface area contributed by atoms with Crippen LogP contribution in [-0.2, 0) is 18.0 Å². The van der Waals surface area contributed by atoms with Crippen LogP contribution < -0.4 is 4.74 Å². The molecule has 0 atom stereocenters. The van der Waals surface area contributed by atoms with Crippen molar-refractivity contribution < 1.29 is 13.9 Å². The third kappa shape index (κ3) is 3.56. The predicted molar refractivity (Wildman–Crippen MR) is 72.6 cm³/mol. The van der Waals surface area contributed by atoms with Gasteiger partial charge in [0.05, 0.1) is 18.2 Å². The SMILES string of the molecule is COCc1cccc(OCc2ccc(C#N)cc2F)c1. The van der Waals surface area contributed by atoms with Crippen molar-refractivity contribution in [3.63, 3.8) is 0 Å². The second kappa shape index (κ2) is 6.69. The average Bonchev–Trinajstić information content (AvgIpc) is 2.46. The van der Waals surface area contributed by atoms with Crippen molar-refractivity contribution in [3.05, 3.63) is 65.0 Å². The number of benzene rings is 2. The molecule has 2 rings (SSSR count). The third-order valence-corrected chi connectivity index (χ3v) is 2.79. The van der Waals surface area contributed by atoms with Gasteiger partial charge in [-0.1, -0.05) is 18.2 Å². The summed E-state index contributed by atoms with van der Waals surface area (Å²) in [5.41, 5.74) is 1.71. The van der Waals surface area contributed by atoms with Crippen LogP contribution in [0.2, 0.25) is 0 Å². The summed E-state index contributed by atoms with van der Waals surface area (Å²) in [6.45, 7) is 0.621. The Kier molecular flexibility index (Phi) is 4.70. The highest BCUT2D eigenvalue weighted by molar-refractivity contribution is 5.33. The van der Waals surface area contributed by atoms with Gasteiger partial charge >= 0.3 is 0 Å². The molecule has 0 heterocycles. The van der Waals surface area contributed by atoms with Crippen molar-refractivity contribution in [1.82, 2.24) is 0 Å². The van der Waals surface area contributed by atoms with Gasteiger partial charge < -0.3 is 9.47 Å². The summed E-state index contributed by atoms with van der Waals surface area (Å²) < 4.78 is 24.3. The number of nitriles is 1. The molecule has 0 aromatic heterocycles. The number of halogens is 1. The van der Waals surface area contributed by atoms with Gasteiger partial charge in [-0.3, -0.25) is 0 Å².